The lowest BCUT2D eigenvalue weighted by Crippen LogP contribution is -2.52. The third kappa shape index (κ3) is 4.03. The van der Waals surface area contributed by atoms with E-state index in [1.54, 1.807) is 11.0 Å². The molecule has 2 rings (SSSR count). The summed E-state index contributed by atoms with van der Waals surface area (Å²) in [6.07, 6.45) is 0. The highest BCUT2D eigenvalue weighted by atomic mass is 16.2. The van der Waals surface area contributed by atoms with E-state index in [0.717, 1.165) is 25.2 Å². The molecule has 0 radical (unpaired) electrons. The summed E-state index contributed by atoms with van der Waals surface area (Å²) in [7, 11) is 0. The van der Waals surface area contributed by atoms with Crippen molar-refractivity contribution in [2.75, 3.05) is 44.6 Å². The number of para-hydroxylation sites is 1. The van der Waals surface area contributed by atoms with Crippen LogP contribution in [0.1, 0.15) is 5.56 Å². The molecule has 0 aromatic heterocycles. The largest absolute Gasteiger partial charge is 0.332 e. The van der Waals surface area contributed by atoms with Gasteiger partial charge in [-0.25, -0.2) is 0 Å². The van der Waals surface area contributed by atoms with Crippen LogP contribution in [0.3, 0.4) is 0 Å². The Bertz CT molecular complexity index is 510. The Labute approximate surface area is 124 Å². The Morgan fingerprint density at radius 3 is 2.48 bits per heavy atom. The molecule has 1 saturated heterocycles. The number of carbonyl (C=O) groups is 2. The van der Waals surface area contributed by atoms with E-state index in [4.69, 9.17) is 5.73 Å². The monoisotopic (exact) mass is 290 g/mol. The summed E-state index contributed by atoms with van der Waals surface area (Å²) in [6.45, 7) is 6.01. The van der Waals surface area contributed by atoms with E-state index >= 15 is 0 Å². The van der Waals surface area contributed by atoms with E-state index in [-0.39, 0.29) is 0 Å². The van der Waals surface area contributed by atoms with Crippen LogP contribution in [0.15, 0.2) is 24.3 Å². The molecule has 2 amide bonds. The van der Waals surface area contributed by atoms with Gasteiger partial charge in [0.05, 0.1) is 0 Å². The van der Waals surface area contributed by atoms with Gasteiger partial charge in [-0.3, -0.25) is 14.5 Å². The summed E-state index contributed by atoms with van der Waals surface area (Å²) in [6, 6.07) is 7.41. The molecular formula is C15H22N4O2. The van der Waals surface area contributed by atoms with Crippen LogP contribution in [-0.4, -0.2) is 60.9 Å². The molecule has 114 valence electrons. The van der Waals surface area contributed by atoms with Crippen LogP contribution in [0.4, 0.5) is 5.69 Å². The minimum absolute atomic E-state index is 0.467. The van der Waals surface area contributed by atoms with Crippen LogP contribution >= 0.6 is 0 Å². The van der Waals surface area contributed by atoms with Gasteiger partial charge in [-0.2, -0.15) is 0 Å². The van der Waals surface area contributed by atoms with Gasteiger partial charge in [-0.15, -0.1) is 0 Å². The third-order valence-corrected chi connectivity index (χ3v) is 3.69. The van der Waals surface area contributed by atoms with Crippen molar-refractivity contribution in [2.45, 2.75) is 6.92 Å². The summed E-state index contributed by atoms with van der Waals surface area (Å²) in [5.74, 6) is -1.04. The molecule has 0 spiro atoms. The Kier molecular flexibility index (Phi) is 5.30. The van der Waals surface area contributed by atoms with E-state index in [9.17, 15) is 9.59 Å². The minimum atomic E-state index is -0.573. The molecule has 3 N–H and O–H groups in total. The highest BCUT2D eigenvalue weighted by molar-refractivity contribution is 6.39. The second-order valence-electron chi connectivity index (χ2n) is 5.19. The minimum Gasteiger partial charge on any atom is -0.332 e. The lowest BCUT2D eigenvalue weighted by molar-refractivity contribution is -0.144. The Hall–Kier alpha value is -1.92. The van der Waals surface area contributed by atoms with E-state index in [0.29, 0.717) is 25.3 Å². The van der Waals surface area contributed by atoms with Crippen LogP contribution in [-0.2, 0) is 9.59 Å². The van der Waals surface area contributed by atoms with E-state index < -0.39 is 11.8 Å². The van der Waals surface area contributed by atoms with E-state index in [1.807, 2.05) is 25.1 Å². The first kappa shape index (κ1) is 15.5. The molecule has 1 fully saturated rings. The van der Waals surface area contributed by atoms with Gasteiger partial charge in [0.2, 0.25) is 0 Å². The maximum Gasteiger partial charge on any atom is 0.313 e. The van der Waals surface area contributed by atoms with Crippen LogP contribution in [0.5, 0.6) is 0 Å². The highest BCUT2D eigenvalue weighted by Gasteiger charge is 2.25. The van der Waals surface area contributed by atoms with Gasteiger partial charge in [0.15, 0.2) is 0 Å². The number of amides is 2. The molecule has 0 saturated carbocycles. The summed E-state index contributed by atoms with van der Waals surface area (Å²) >= 11 is 0. The van der Waals surface area contributed by atoms with Crippen molar-refractivity contribution in [3.8, 4) is 0 Å². The van der Waals surface area contributed by atoms with Gasteiger partial charge in [0.1, 0.15) is 0 Å². The van der Waals surface area contributed by atoms with Crippen LogP contribution in [0, 0.1) is 6.92 Å². The summed E-state index contributed by atoms with van der Waals surface area (Å²) in [5.41, 5.74) is 7.13. The smallest absolute Gasteiger partial charge is 0.313 e. The first-order chi connectivity index (χ1) is 10.1. The number of benzene rings is 1. The third-order valence-electron chi connectivity index (χ3n) is 3.69. The average Bonchev–Trinajstić information content (AvgIpc) is 2.50. The van der Waals surface area contributed by atoms with E-state index in [2.05, 4.69) is 10.2 Å². The predicted octanol–water partition coefficient (Wildman–Crippen LogP) is 0.0364. The number of rotatable bonds is 3. The molecule has 1 aromatic rings. The Morgan fingerprint density at radius 1 is 1.19 bits per heavy atom. The molecule has 21 heavy (non-hydrogen) atoms. The number of carbonyl (C=O) groups excluding carboxylic acids is 2. The second-order valence-corrected chi connectivity index (χ2v) is 5.19. The number of aryl methyl sites for hydroxylation is 1. The number of anilines is 1. The van der Waals surface area contributed by atoms with Gasteiger partial charge in [-0.1, -0.05) is 18.2 Å². The first-order valence-corrected chi connectivity index (χ1v) is 7.20. The van der Waals surface area contributed by atoms with E-state index in [1.165, 1.54) is 0 Å². The predicted molar refractivity (Wildman–Crippen MR) is 81.9 cm³/mol. The zero-order valence-corrected chi connectivity index (χ0v) is 12.3. The molecule has 1 aromatic carbocycles. The Morgan fingerprint density at radius 2 is 1.86 bits per heavy atom. The molecular weight excluding hydrogens is 268 g/mol. The molecule has 1 aliphatic rings. The zero-order chi connectivity index (χ0) is 15.2. The van der Waals surface area contributed by atoms with Crippen molar-refractivity contribution in [3.05, 3.63) is 29.8 Å². The highest BCUT2D eigenvalue weighted by Crippen LogP contribution is 2.13. The normalized spacial score (nSPS) is 15.8. The van der Waals surface area contributed by atoms with Gasteiger partial charge in [-0.05, 0) is 18.6 Å². The number of nitrogens with zero attached hydrogens (tertiary/aromatic N) is 2. The molecule has 0 unspecified atom stereocenters. The standard InChI is InChI=1S/C15H22N4O2/c1-12-4-2-3-5-13(12)17-14(20)15(21)19-10-8-18(7-6-16)9-11-19/h2-5H,6-11,16H2,1H3,(H,17,20). The number of hydrogen-bond acceptors (Lipinski definition) is 4. The van der Waals surface area contributed by atoms with Gasteiger partial charge in [0.25, 0.3) is 0 Å². The van der Waals surface area contributed by atoms with Gasteiger partial charge >= 0.3 is 11.8 Å². The molecule has 0 bridgehead atoms. The number of hydrogen-bond donors (Lipinski definition) is 2. The molecule has 6 nitrogen and oxygen atoms in total. The molecule has 1 heterocycles. The molecule has 1 aliphatic heterocycles. The maximum absolute atomic E-state index is 12.1. The second kappa shape index (κ2) is 7.19. The van der Waals surface area contributed by atoms with Crippen molar-refractivity contribution >= 4 is 17.5 Å². The van der Waals surface area contributed by atoms with Crippen molar-refractivity contribution < 1.29 is 9.59 Å². The van der Waals surface area contributed by atoms with Gasteiger partial charge in [0, 0.05) is 45.0 Å². The fourth-order valence-corrected chi connectivity index (χ4v) is 2.39. The zero-order valence-electron chi connectivity index (χ0n) is 12.3. The fraction of sp³-hybridized carbons (Fsp3) is 0.467. The van der Waals surface area contributed by atoms with Crippen LogP contribution in [0.2, 0.25) is 0 Å². The SMILES string of the molecule is Cc1ccccc1NC(=O)C(=O)N1CCN(CCN)CC1. The number of nitrogens with one attached hydrogen (secondary N) is 1. The summed E-state index contributed by atoms with van der Waals surface area (Å²) in [4.78, 5) is 28.0. The quantitative estimate of drug-likeness (QED) is 0.770. The first-order valence-electron chi connectivity index (χ1n) is 7.20. The lowest BCUT2D eigenvalue weighted by Gasteiger charge is -2.34. The average molecular weight is 290 g/mol. The molecule has 0 atom stereocenters. The van der Waals surface area contributed by atoms with Crippen molar-refractivity contribution in [2.24, 2.45) is 5.73 Å². The van der Waals surface area contributed by atoms with Crippen LogP contribution < -0.4 is 11.1 Å². The van der Waals surface area contributed by atoms with Crippen LogP contribution in [0.25, 0.3) is 0 Å². The summed E-state index contributed by atoms with van der Waals surface area (Å²) in [5, 5.41) is 2.68. The van der Waals surface area contributed by atoms with Gasteiger partial charge < -0.3 is 16.0 Å². The number of piperazine rings is 1. The Balaban J connectivity index is 1.89. The van der Waals surface area contributed by atoms with Crippen molar-refractivity contribution in [1.82, 2.24) is 9.80 Å². The lowest BCUT2D eigenvalue weighted by atomic mass is 10.2. The molecule has 6 heteroatoms. The number of nitrogens with two attached hydrogens (primary N) is 1. The fourth-order valence-electron chi connectivity index (χ4n) is 2.39. The summed E-state index contributed by atoms with van der Waals surface area (Å²) < 4.78 is 0. The topological polar surface area (TPSA) is 78.7 Å². The maximum atomic E-state index is 12.1. The van der Waals surface area contributed by atoms with Crippen molar-refractivity contribution in [3.63, 3.8) is 0 Å². The van der Waals surface area contributed by atoms with Crippen molar-refractivity contribution in [1.29, 1.82) is 0 Å². The molecule has 0 aliphatic carbocycles.